The van der Waals surface area contributed by atoms with E-state index in [1.807, 2.05) is 39.0 Å². The molecule has 2 aromatic rings. The fourth-order valence-electron chi connectivity index (χ4n) is 3.67. The van der Waals surface area contributed by atoms with Crippen molar-refractivity contribution < 1.29 is 10.2 Å². The Balaban J connectivity index is 1.93. The van der Waals surface area contributed by atoms with Crippen LogP contribution in [0, 0.1) is 19.8 Å². The van der Waals surface area contributed by atoms with Gasteiger partial charge in [0, 0.05) is 18.0 Å². The van der Waals surface area contributed by atoms with E-state index in [0.717, 1.165) is 37.1 Å². The molecule has 1 aliphatic rings. The van der Waals surface area contributed by atoms with Gasteiger partial charge in [-0.25, -0.2) is 0 Å². The van der Waals surface area contributed by atoms with Gasteiger partial charge >= 0.3 is 0 Å². The molecule has 2 atom stereocenters. The first-order valence-corrected chi connectivity index (χ1v) is 8.84. The number of nitrogens with zero attached hydrogens (tertiary/aromatic N) is 3. The van der Waals surface area contributed by atoms with Crippen LogP contribution in [0.25, 0.3) is 11.3 Å². The van der Waals surface area contributed by atoms with Gasteiger partial charge in [-0.15, -0.1) is 5.10 Å². The SMILES string of the molecule is Cc1ccc(-c2nnc(C(C)(O)C3CCCN(C)C3)cc2C)c(O)c1. The number of hydrogen-bond donors (Lipinski definition) is 2. The summed E-state index contributed by atoms with van der Waals surface area (Å²) in [7, 11) is 2.09. The summed E-state index contributed by atoms with van der Waals surface area (Å²) in [5.74, 6) is 0.337. The average molecular weight is 341 g/mol. The van der Waals surface area contributed by atoms with Crippen molar-refractivity contribution in [1.29, 1.82) is 0 Å². The monoisotopic (exact) mass is 341 g/mol. The maximum atomic E-state index is 11.1. The Hall–Kier alpha value is -1.98. The summed E-state index contributed by atoms with van der Waals surface area (Å²) >= 11 is 0. The maximum absolute atomic E-state index is 11.1. The molecule has 0 bridgehead atoms. The molecule has 1 fully saturated rings. The molecule has 0 saturated carbocycles. The number of hydrogen-bond acceptors (Lipinski definition) is 5. The first-order valence-electron chi connectivity index (χ1n) is 8.84. The van der Waals surface area contributed by atoms with Crippen LogP contribution in [0.5, 0.6) is 5.75 Å². The number of aromatic nitrogens is 2. The molecule has 0 aliphatic carbocycles. The minimum Gasteiger partial charge on any atom is -0.507 e. The summed E-state index contributed by atoms with van der Waals surface area (Å²) in [6.45, 7) is 7.64. The van der Waals surface area contributed by atoms with Crippen LogP contribution in [0.15, 0.2) is 24.3 Å². The Bertz CT molecular complexity index is 774. The molecule has 5 heteroatoms. The zero-order valence-corrected chi connectivity index (χ0v) is 15.5. The molecular weight excluding hydrogens is 314 g/mol. The number of likely N-dealkylation sites (tertiary alicyclic amines) is 1. The first-order chi connectivity index (χ1) is 11.8. The van der Waals surface area contributed by atoms with E-state index in [1.165, 1.54) is 0 Å². The largest absolute Gasteiger partial charge is 0.507 e. The van der Waals surface area contributed by atoms with Gasteiger partial charge in [0.05, 0.1) is 11.4 Å². The van der Waals surface area contributed by atoms with Gasteiger partial charge in [-0.3, -0.25) is 0 Å². The molecule has 5 nitrogen and oxygen atoms in total. The summed E-state index contributed by atoms with van der Waals surface area (Å²) in [5.41, 5.74) is 2.79. The highest BCUT2D eigenvalue weighted by Gasteiger charge is 2.37. The van der Waals surface area contributed by atoms with Crippen LogP contribution in [0.3, 0.4) is 0 Å². The van der Waals surface area contributed by atoms with Gasteiger partial charge < -0.3 is 15.1 Å². The minimum atomic E-state index is -1.01. The molecule has 134 valence electrons. The molecular formula is C20H27N3O2. The third-order valence-corrected chi connectivity index (χ3v) is 5.33. The number of phenols is 1. The van der Waals surface area contributed by atoms with E-state index >= 15 is 0 Å². The molecule has 1 aliphatic heterocycles. The summed E-state index contributed by atoms with van der Waals surface area (Å²) < 4.78 is 0. The Kier molecular flexibility index (Phi) is 4.80. The molecule has 1 saturated heterocycles. The Labute approximate surface area is 149 Å². The molecule has 25 heavy (non-hydrogen) atoms. The van der Waals surface area contributed by atoms with Crippen molar-refractivity contribution in [3.63, 3.8) is 0 Å². The standard InChI is InChI=1S/C20H27N3O2/c1-13-7-8-16(17(24)10-13)19-14(2)11-18(21-22-19)20(3,25)15-6-5-9-23(4)12-15/h7-8,10-11,15,24-25H,5-6,9,12H2,1-4H3. The van der Waals surface area contributed by atoms with Gasteiger partial charge in [0.1, 0.15) is 11.4 Å². The van der Waals surface area contributed by atoms with Crippen LogP contribution in [-0.2, 0) is 5.60 Å². The van der Waals surface area contributed by atoms with Crippen molar-refractivity contribution >= 4 is 0 Å². The predicted molar refractivity (Wildman–Crippen MR) is 98.4 cm³/mol. The number of aryl methyl sites for hydroxylation is 2. The highest BCUT2D eigenvalue weighted by atomic mass is 16.3. The van der Waals surface area contributed by atoms with E-state index in [-0.39, 0.29) is 11.7 Å². The van der Waals surface area contributed by atoms with Gasteiger partial charge in [0.25, 0.3) is 0 Å². The van der Waals surface area contributed by atoms with E-state index in [4.69, 9.17) is 0 Å². The molecule has 3 rings (SSSR count). The smallest absolute Gasteiger partial charge is 0.125 e. The number of aliphatic hydroxyl groups is 1. The second-order valence-corrected chi connectivity index (χ2v) is 7.53. The van der Waals surface area contributed by atoms with E-state index in [2.05, 4.69) is 22.1 Å². The maximum Gasteiger partial charge on any atom is 0.125 e. The topological polar surface area (TPSA) is 69.5 Å². The quantitative estimate of drug-likeness (QED) is 0.898. The lowest BCUT2D eigenvalue weighted by molar-refractivity contribution is -0.0380. The number of benzene rings is 1. The fraction of sp³-hybridized carbons (Fsp3) is 0.500. The van der Waals surface area contributed by atoms with Crippen molar-refractivity contribution in [3.05, 3.63) is 41.1 Å². The van der Waals surface area contributed by atoms with Crippen LogP contribution in [0.1, 0.15) is 36.6 Å². The van der Waals surface area contributed by atoms with Crippen LogP contribution < -0.4 is 0 Å². The van der Waals surface area contributed by atoms with Crippen LogP contribution >= 0.6 is 0 Å². The Morgan fingerprint density at radius 3 is 2.60 bits per heavy atom. The number of rotatable bonds is 3. The lowest BCUT2D eigenvalue weighted by Gasteiger charge is -2.38. The predicted octanol–water partition coefficient (Wildman–Crippen LogP) is 3.02. The lowest BCUT2D eigenvalue weighted by atomic mass is 9.80. The Morgan fingerprint density at radius 2 is 1.96 bits per heavy atom. The molecule has 2 N–H and O–H groups in total. The molecule has 2 unspecified atom stereocenters. The fourth-order valence-corrected chi connectivity index (χ4v) is 3.67. The molecule has 2 heterocycles. The minimum absolute atomic E-state index is 0.138. The highest BCUT2D eigenvalue weighted by Crippen LogP contribution is 2.36. The number of phenolic OH excluding ortho intramolecular Hbond substituents is 1. The van der Waals surface area contributed by atoms with Crippen molar-refractivity contribution in [2.24, 2.45) is 5.92 Å². The zero-order valence-electron chi connectivity index (χ0n) is 15.5. The highest BCUT2D eigenvalue weighted by molar-refractivity contribution is 5.69. The summed E-state index contributed by atoms with van der Waals surface area (Å²) in [6, 6.07) is 7.42. The van der Waals surface area contributed by atoms with Gasteiger partial charge in [0.15, 0.2) is 0 Å². The molecule has 0 spiro atoms. The third kappa shape index (κ3) is 3.53. The molecule has 1 aromatic carbocycles. The van der Waals surface area contributed by atoms with Crippen LogP contribution in [-0.4, -0.2) is 45.4 Å². The first kappa shape index (κ1) is 17.8. The normalized spacial score (nSPS) is 21.1. The molecule has 0 amide bonds. The summed E-state index contributed by atoms with van der Waals surface area (Å²) in [4.78, 5) is 2.25. The second-order valence-electron chi connectivity index (χ2n) is 7.53. The Morgan fingerprint density at radius 1 is 1.20 bits per heavy atom. The van der Waals surface area contributed by atoms with E-state index in [1.54, 1.807) is 6.07 Å². The average Bonchev–Trinajstić information content (AvgIpc) is 2.55. The summed E-state index contributed by atoms with van der Waals surface area (Å²) in [5, 5.41) is 30.0. The third-order valence-electron chi connectivity index (χ3n) is 5.33. The number of aromatic hydroxyl groups is 1. The number of piperidine rings is 1. The van der Waals surface area contributed by atoms with E-state index in [0.29, 0.717) is 17.0 Å². The lowest BCUT2D eigenvalue weighted by Crippen LogP contribution is -2.43. The van der Waals surface area contributed by atoms with E-state index in [9.17, 15) is 10.2 Å². The van der Waals surface area contributed by atoms with Crippen LogP contribution in [0.2, 0.25) is 0 Å². The van der Waals surface area contributed by atoms with Gasteiger partial charge in [-0.05, 0) is 76.5 Å². The van der Waals surface area contributed by atoms with Crippen molar-refractivity contribution in [2.75, 3.05) is 20.1 Å². The van der Waals surface area contributed by atoms with Gasteiger partial charge in [-0.2, -0.15) is 5.10 Å². The van der Waals surface area contributed by atoms with Crippen molar-refractivity contribution in [3.8, 4) is 17.0 Å². The van der Waals surface area contributed by atoms with E-state index < -0.39 is 5.60 Å². The van der Waals surface area contributed by atoms with Crippen molar-refractivity contribution in [1.82, 2.24) is 15.1 Å². The van der Waals surface area contributed by atoms with Crippen LogP contribution in [0.4, 0.5) is 0 Å². The zero-order chi connectivity index (χ0) is 18.2. The summed E-state index contributed by atoms with van der Waals surface area (Å²) in [6.07, 6.45) is 2.07. The molecule has 0 radical (unpaired) electrons. The van der Waals surface area contributed by atoms with Crippen molar-refractivity contribution in [2.45, 2.75) is 39.2 Å². The van der Waals surface area contributed by atoms with Gasteiger partial charge in [-0.1, -0.05) is 6.07 Å². The molecule has 1 aromatic heterocycles. The second kappa shape index (κ2) is 6.73. The van der Waals surface area contributed by atoms with Gasteiger partial charge in [0.2, 0.25) is 0 Å².